The quantitative estimate of drug-likeness (QED) is 0.398. The molecular formula is C17H14N3O4S2-. The molecule has 7 nitrogen and oxygen atoms in total. The molecule has 0 bridgehead atoms. The van der Waals surface area contributed by atoms with Crippen LogP contribution in [0.4, 0.5) is 5.69 Å². The fourth-order valence-electron chi connectivity index (χ4n) is 2.08. The lowest BCUT2D eigenvalue weighted by Crippen LogP contribution is -2.22. The zero-order valence-electron chi connectivity index (χ0n) is 13.6. The van der Waals surface area contributed by atoms with Crippen molar-refractivity contribution >= 4 is 39.2 Å². The van der Waals surface area contributed by atoms with E-state index < -0.39 is 15.9 Å². The van der Waals surface area contributed by atoms with Crippen LogP contribution in [-0.4, -0.2) is 20.5 Å². The van der Waals surface area contributed by atoms with E-state index in [0.29, 0.717) is 11.5 Å². The summed E-state index contributed by atoms with van der Waals surface area (Å²) in [5.41, 5.74) is 0.235. The number of anilines is 1. The molecule has 0 fully saturated rings. The Morgan fingerprint density at radius 1 is 1.19 bits per heavy atom. The van der Waals surface area contributed by atoms with Gasteiger partial charge in [0.1, 0.15) is 15.7 Å². The molecule has 0 spiro atoms. The first-order chi connectivity index (χ1) is 12.5. The number of thiophene rings is 1. The van der Waals surface area contributed by atoms with Gasteiger partial charge < -0.3 is 9.52 Å². The molecule has 0 atom stereocenters. The lowest BCUT2D eigenvalue weighted by Gasteiger charge is -2.15. The van der Waals surface area contributed by atoms with Crippen molar-refractivity contribution in [1.29, 1.82) is 0 Å². The highest BCUT2D eigenvalue weighted by Crippen LogP contribution is 2.22. The molecule has 0 aliphatic carbocycles. The van der Waals surface area contributed by atoms with Crippen LogP contribution in [0.25, 0.3) is 0 Å². The minimum absolute atomic E-state index is 0.0976. The molecule has 0 saturated carbocycles. The van der Waals surface area contributed by atoms with Crippen LogP contribution >= 0.6 is 11.3 Å². The molecular weight excluding hydrogens is 374 g/mol. The fourth-order valence-corrected chi connectivity index (χ4v) is 4.16. The summed E-state index contributed by atoms with van der Waals surface area (Å²) in [7, 11) is -3.77. The van der Waals surface area contributed by atoms with E-state index in [1.165, 1.54) is 24.4 Å². The van der Waals surface area contributed by atoms with Gasteiger partial charge in [0.15, 0.2) is 0 Å². The van der Waals surface area contributed by atoms with E-state index in [2.05, 4.69) is 14.9 Å². The van der Waals surface area contributed by atoms with Gasteiger partial charge in [-0.1, -0.05) is 24.3 Å². The van der Waals surface area contributed by atoms with Gasteiger partial charge in [-0.25, -0.2) is 8.42 Å². The lowest BCUT2D eigenvalue weighted by molar-refractivity contribution is -0.213. The van der Waals surface area contributed by atoms with E-state index in [9.17, 15) is 13.5 Å². The van der Waals surface area contributed by atoms with Crippen LogP contribution in [0.15, 0.2) is 72.7 Å². The van der Waals surface area contributed by atoms with Crippen molar-refractivity contribution in [3.63, 3.8) is 0 Å². The molecule has 2 aromatic heterocycles. The average molecular weight is 388 g/mol. The van der Waals surface area contributed by atoms with Crippen molar-refractivity contribution < 1.29 is 17.9 Å². The monoisotopic (exact) mass is 388 g/mol. The highest BCUT2D eigenvalue weighted by atomic mass is 32.2. The molecule has 0 amide bonds. The number of hydrogen-bond donors (Lipinski definition) is 1. The molecule has 0 saturated heterocycles. The number of para-hydroxylation sites is 1. The molecule has 9 heteroatoms. The third-order valence-electron chi connectivity index (χ3n) is 3.26. The van der Waals surface area contributed by atoms with Crippen molar-refractivity contribution in [3.05, 3.63) is 71.0 Å². The maximum atomic E-state index is 12.4. The second kappa shape index (κ2) is 7.54. The summed E-state index contributed by atoms with van der Waals surface area (Å²) in [5, 5.41) is 21.2. The molecule has 134 valence electrons. The van der Waals surface area contributed by atoms with Gasteiger partial charge >= 0.3 is 0 Å². The Hall–Kier alpha value is -2.91. The molecule has 0 aliphatic rings. The van der Waals surface area contributed by atoms with Crippen molar-refractivity contribution in [3.8, 4) is 0 Å². The predicted octanol–water partition coefficient (Wildman–Crippen LogP) is 2.59. The number of nitrogens with one attached hydrogen (secondary N) is 1. The Kier molecular flexibility index (Phi) is 5.19. The molecule has 2 heterocycles. The Labute approximate surface area is 154 Å². The molecule has 3 aromatic rings. The first-order valence-corrected chi connectivity index (χ1v) is 9.82. The van der Waals surface area contributed by atoms with Gasteiger partial charge in [0.05, 0.1) is 11.9 Å². The summed E-state index contributed by atoms with van der Waals surface area (Å²) in [4.78, 5) is 0. The Balaban J connectivity index is 1.84. The summed E-state index contributed by atoms with van der Waals surface area (Å²) < 4.78 is 32.6. The minimum Gasteiger partial charge on any atom is -0.857 e. The smallest absolute Gasteiger partial charge is 0.271 e. The van der Waals surface area contributed by atoms with E-state index in [1.54, 1.807) is 42.6 Å². The average Bonchev–Trinajstić information content (AvgIpc) is 3.27. The molecule has 1 N–H and O–H groups in total. The van der Waals surface area contributed by atoms with Crippen LogP contribution in [0.3, 0.4) is 0 Å². The zero-order valence-corrected chi connectivity index (χ0v) is 15.3. The number of rotatable bonds is 6. The van der Waals surface area contributed by atoms with Crippen LogP contribution in [0.5, 0.6) is 0 Å². The van der Waals surface area contributed by atoms with Gasteiger partial charge in [-0.2, -0.15) is 10.2 Å². The van der Waals surface area contributed by atoms with E-state index in [-0.39, 0.29) is 15.5 Å². The van der Waals surface area contributed by atoms with Crippen LogP contribution in [0.1, 0.15) is 17.1 Å². The van der Waals surface area contributed by atoms with Crippen molar-refractivity contribution in [2.75, 3.05) is 4.72 Å². The van der Waals surface area contributed by atoms with Crippen molar-refractivity contribution in [1.82, 2.24) is 0 Å². The van der Waals surface area contributed by atoms with Gasteiger partial charge in [0, 0.05) is 11.5 Å². The third kappa shape index (κ3) is 4.19. The molecule has 1 aromatic carbocycles. The summed E-state index contributed by atoms with van der Waals surface area (Å²) >= 11 is 1.08. The van der Waals surface area contributed by atoms with E-state index >= 15 is 0 Å². The van der Waals surface area contributed by atoms with E-state index in [1.807, 2.05) is 0 Å². The molecule has 26 heavy (non-hydrogen) atoms. The number of nitrogens with zero attached hydrogens (tertiary/aromatic N) is 2. The van der Waals surface area contributed by atoms with Crippen LogP contribution in [0, 0.1) is 6.92 Å². The third-order valence-corrected chi connectivity index (χ3v) is 6.02. The molecule has 0 unspecified atom stereocenters. The standard InChI is InChI=1S/C17H15N3O4S2/c1-12-8-9-13(24-12)11-18-19-17(21)14-5-2-3-6-15(14)20-26(22,23)16-7-4-10-25-16/h2-11,20H,1H3,(H,19,21)/p-1/b18-11-. The maximum absolute atomic E-state index is 12.4. The Morgan fingerprint density at radius 2 is 2.00 bits per heavy atom. The zero-order chi connectivity index (χ0) is 18.6. The Bertz CT molecular complexity index is 1050. The van der Waals surface area contributed by atoms with Crippen molar-refractivity contribution in [2.24, 2.45) is 10.2 Å². The topological polar surface area (TPSA) is 107 Å². The van der Waals surface area contributed by atoms with Gasteiger partial charge in [-0.05, 0) is 36.6 Å². The van der Waals surface area contributed by atoms with E-state index in [0.717, 1.165) is 11.3 Å². The highest BCUT2D eigenvalue weighted by Gasteiger charge is 2.16. The SMILES string of the molecule is Cc1ccc(/C=N\N=C([O-])c2ccccc2NS(=O)(=O)c2cccs2)o1. The molecule has 0 radical (unpaired) electrons. The van der Waals surface area contributed by atoms with Gasteiger partial charge in [-0.3, -0.25) is 4.72 Å². The van der Waals surface area contributed by atoms with Crippen LogP contribution in [-0.2, 0) is 10.0 Å². The van der Waals surface area contributed by atoms with Crippen LogP contribution in [0.2, 0.25) is 0 Å². The van der Waals surface area contributed by atoms with Gasteiger partial charge in [0.2, 0.25) is 0 Å². The van der Waals surface area contributed by atoms with E-state index in [4.69, 9.17) is 4.42 Å². The summed E-state index contributed by atoms with van der Waals surface area (Å²) in [6, 6.07) is 12.8. The molecule has 3 rings (SSSR count). The Morgan fingerprint density at radius 3 is 2.69 bits per heavy atom. The second-order valence-corrected chi connectivity index (χ2v) is 8.04. The number of furan rings is 1. The number of hydrogen-bond acceptors (Lipinski definition) is 7. The summed E-state index contributed by atoms with van der Waals surface area (Å²) in [6.07, 6.45) is 1.31. The maximum Gasteiger partial charge on any atom is 0.271 e. The summed E-state index contributed by atoms with van der Waals surface area (Å²) in [6.45, 7) is 1.79. The molecule has 0 aliphatic heterocycles. The van der Waals surface area contributed by atoms with Gasteiger partial charge in [0.25, 0.3) is 10.0 Å². The second-order valence-electron chi connectivity index (χ2n) is 5.18. The van der Waals surface area contributed by atoms with Crippen molar-refractivity contribution in [2.45, 2.75) is 11.1 Å². The highest BCUT2D eigenvalue weighted by molar-refractivity contribution is 7.94. The van der Waals surface area contributed by atoms with Crippen LogP contribution < -0.4 is 9.83 Å². The first kappa shape index (κ1) is 17.9. The lowest BCUT2D eigenvalue weighted by atomic mass is 10.2. The largest absolute Gasteiger partial charge is 0.857 e. The number of aryl methyl sites for hydroxylation is 1. The van der Waals surface area contributed by atoms with Gasteiger partial charge in [-0.15, -0.1) is 11.3 Å². The number of sulfonamides is 1. The summed E-state index contributed by atoms with van der Waals surface area (Å²) in [5.74, 6) is 0.505. The first-order valence-electron chi connectivity index (χ1n) is 7.46. The normalized spacial score (nSPS) is 12.6. The minimum atomic E-state index is -3.77. The fraction of sp³-hybridized carbons (Fsp3) is 0.0588. The predicted molar refractivity (Wildman–Crippen MR) is 99.1 cm³/mol. The number of benzene rings is 1.